The third-order valence-electron chi connectivity index (χ3n) is 0. The molecular formula is H2Fe4MnMoSi. The summed E-state index contributed by atoms with van der Waals surface area (Å²) in [7, 11) is 0. The zero-order chi connectivity index (χ0) is 0. The van der Waals surface area contributed by atoms with Crippen molar-refractivity contribution in [2.75, 3.05) is 0 Å². The second kappa shape index (κ2) is 56.0. The van der Waals surface area contributed by atoms with E-state index < -0.39 is 0 Å². The van der Waals surface area contributed by atoms with Gasteiger partial charge in [-0.05, 0) is 11.0 Å². The fourth-order valence-electron chi connectivity index (χ4n) is 0. The number of hydrogen-bond acceptors (Lipinski definition) is 0. The molecule has 0 aliphatic heterocycles. The van der Waals surface area contributed by atoms with Gasteiger partial charge in [0.2, 0.25) is 0 Å². The van der Waals surface area contributed by atoms with Crippen LogP contribution in [0.4, 0.5) is 0 Å². The fourth-order valence-corrected chi connectivity index (χ4v) is 0. The molecule has 0 aliphatic carbocycles. The Morgan fingerprint density at radius 1 is 0.571 bits per heavy atom. The van der Waals surface area contributed by atoms with E-state index in [1.807, 2.05) is 0 Å². The Morgan fingerprint density at radius 2 is 0.571 bits per heavy atom. The molecule has 0 aromatic heterocycles. The van der Waals surface area contributed by atoms with Gasteiger partial charge in [0.1, 0.15) is 0 Å². The van der Waals surface area contributed by atoms with Gasteiger partial charge in [-0.25, -0.2) is 0 Å². The Morgan fingerprint density at radius 3 is 0.571 bits per heavy atom. The van der Waals surface area contributed by atoms with Gasteiger partial charge in [0, 0.05) is 106 Å². The molecule has 0 atom stereocenters. The first kappa shape index (κ1) is 77.3. The van der Waals surface area contributed by atoms with Gasteiger partial charge >= 0.3 is 0 Å². The molecule has 0 aromatic carbocycles. The first-order valence-corrected chi connectivity index (χ1v) is 0. The molecule has 0 aliphatic rings. The van der Waals surface area contributed by atoms with E-state index in [9.17, 15) is 0 Å². The maximum atomic E-state index is 0. The van der Waals surface area contributed by atoms with Crippen LogP contribution >= 0.6 is 0 Å². The largest absolute Gasteiger partial charge is 0.00934 e. The van der Waals surface area contributed by atoms with Gasteiger partial charge in [-0.3, -0.25) is 0 Å². The van der Waals surface area contributed by atoms with Crippen molar-refractivity contribution in [1.29, 1.82) is 0 Å². The number of rotatable bonds is 0. The second-order valence-electron chi connectivity index (χ2n) is 0. The molecule has 0 N–H and O–H groups in total. The normalized spacial score (nSPS) is 0. The van der Waals surface area contributed by atoms with Gasteiger partial charge in [0.05, 0.1) is 0 Å². The van der Waals surface area contributed by atoms with Gasteiger partial charge < -0.3 is 0 Å². The van der Waals surface area contributed by atoms with Gasteiger partial charge in [-0.1, -0.05) is 0 Å². The van der Waals surface area contributed by atoms with E-state index in [1.54, 1.807) is 0 Å². The van der Waals surface area contributed by atoms with Crippen molar-refractivity contribution < 1.29 is 106 Å². The van der Waals surface area contributed by atoms with E-state index in [4.69, 9.17) is 0 Å². The van der Waals surface area contributed by atoms with Crippen LogP contribution < -0.4 is 0 Å². The van der Waals surface area contributed by atoms with Crippen LogP contribution in [-0.4, -0.2) is 11.0 Å². The molecule has 51 valence electrons. The molecule has 7 heavy (non-hydrogen) atoms. The fraction of sp³-hybridized carbons (Fsp3) is 0. The van der Waals surface area contributed by atoms with Crippen molar-refractivity contribution in [3.63, 3.8) is 0 Å². The topological polar surface area (TPSA) is 0 Å². The minimum atomic E-state index is 0. The van der Waals surface area contributed by atoms with Crippen LogP contribution in [0.2, 0.25) is 0 Å². The Bertz CT molecular complexity index is 11.7. The summed E-state index contributed by atoms with van der Waals surface area (Å²) >= 11 is 0. The quantitative estimate of drug-likeness (QED) is 0.458. The summed E-state index contributed by atoms with van der Waals surface area (Å²) < 4.78 is 0. The predicted molar refractivity (Wildman–Crippen MR) is 8.54 cm³/mol. The molecule has 7 heteroatoms. The zero-order valence-corrected chi connectivity index (χ0v) is 11.9. The van der Waals surface area contributed by atoms with Crippen LogP contribution in [0.3, 0.4) is 0 Å². The van der Waals surface area contributed by atoms with Crippen molar-refractivity contribution in [3.05, 3.63) is 0 Å². The average molecular weight is 404 g/mol. The standard InChI is InChI=1S/4Fe.Mn.Mo.H2Si/h;;;;;;1H2. The molecule has 3 radical (unpaired) electrons. The molecule has 0 unspecified atom stereocenters. The van der Waals surface area contributed by atoms with E-state index >= 15 is 0 Å². The predicted octanol–water partition coefficient (Wildman–Crippen LogP) is -0.931. The molecule has 0 nitrogen and oxygen atoms in total. The van der Waals surface area contributed by atoms with Crippen LogP contribution in [0.15, 0.2) is 0 Å². The minimum absolute atomic E-state index is 0. The summed E-state index contributed by atoms with van der Waals surface area (Å²) in [5, 5.41) is 0. The molecular weight excluding hydrogens is 402 g/mol. The van der Waals surface area contributed by atoms with Crippen molar-refractivity contribution in [2.24, 2.45) is 0 Å². The van der Waals surface area contributed by atoms with E-state index in [0.29, 0.717) is 0 Å². The van der Waals surface area contributed by atoms with Crippen LogP contribution in [0.5, 0.6) is 0 Å². The average Bonchev–Trinajstić information content (AvgIpc) is 0. The molecule has 0 rings (SSSR count). The van der Waals surface area contributed by atoms with Crippen molar-refractivity contribution >= 4 is 11.0 Å². The molecule has 0 spiro atoms. The third-order valence-corrected chi connectivity index (χ3v) is 0. The Labute approximate surface area is 116 Å². The van der Waals surface area contributed by atoms with Crippen LogP contribution in [0.25, 0.3) is 0 Å². The van der Waals surface area contributed by atoms with Gasteiger partial charge in [-0.15, -0.1) is 0 Å². The molecule has 0 aromatic rings. The summed E-state index contributed by atoms with van der Waals surface area (Å²) in [5.41, 5.74) is 0. The summed E-state index contributed by atoms with van der Waals surface area (Å²) in [6, 6.07) is 0. The Balaban J connectivity index is 0. The third kappa shape index (κ3) is 43.6. The van der Waals surface area contributed by atoms with Crippen molar-refractivity contribution in [3.8, 4) is 0 Å². The molecule has 0 amide bonds. The van der Waals surface area contributed by atoms with Crippen molar-refractivity contribution in [1.82, 2.24) is 0 Å². The molecule has 0 saturated heterocycles. The summed E-state index contributed by atoms with van der Waals surface area (Å²) in [6.07, 6.45) is 0. The summed E-state index contributed by atoms with van der Waals surface area (Å²) in [5.74, 6) is 0. The first-order valence-electron chi connectivity index (χ1n) is 0. The minimum Gasteiger partial charge on any atom is -0.00934 e. The Kier molecular flexibility index (Phi) is 618. The zero-order valence-electron chi connectivity index (χ0n) is 2.91. The second-order valence-corrected chi connectivity index (χ2v) is 0. The van der Waals surface area contributed by atoms with E-state index in [0.717, 1.165) is 0 Å². The van der Waals surface area contributed by atoms with Crippen molar-refractivity contribution in [2.45, 2.75) is 0 Å². The molecule has 0 fully saturated rings. The van der Waals surface area contributed by atoms with Gasteiger partial charge in [0.25, 0.3) is 0 Å². The molecule has 0 bridgehead atoms. The van der Waals surface area contributed by atoms with Crippen LogP contribution in [-0.2, 0) is 106 Å². The van der Waals surface area contributed by atoms with E-state index in [1.165, 1.54) is 0 Å². The van der Waals surface area contributed by atoms with Gasteiger partial charge in [-0.2, -0.15) is 0 Å². The monoisotopic (exact) mass is 407 g/mol. The SMILES string of the molecule is [Fe].[Fe].[Fe].[Fe].[Mn].[Mo].[SiH2]. The van der Waals surface area contributed by atoms with Gasteiger partial charge in [0.15, 0.2) is 0 Å². The number of hydrogen-bond donors (Lipinski definition) is 0. The first-order chi connectivity index (χ1) is 0. The smallest absolute Gasteiger partial charge is 0 e. The Hall–Kier alpha value is 3.50. The summed E-state index contributed by atoms with van der Waals surface area (Å²) in [4.78, 5) is 0. The maximum Gasteiger partial charge on any atom is 0 e. The van der Waals surface area contributed by atoms with Crippen LogP contribution in [0, 0.1) is 0 Å². The molecule has 0 saturated carbocycles. The van der Waals surface area contributed by atoms with E-state index in [-0.39, 0.29) is 117 Å². The van der Waals surface area contributed by atoms with E-state index in [2.05, 4.69) is 0 Å². The maximum absolute atomic E-state index is 0. The summed E-state index contributed by atoms with van der Waals surface area (Å²) in [6.45, 7) is 0. The molecule has 0 heterocycles. The van der Waals surface area contributed by atoms with Crippen LogP contribution in [0.1, 0.15) is 0 Å².